The Balaban J connectivity index is 1.65. The molecule has 1 saturated heterocycles. The topological polar surface area (TPSA) is 67.9 Å². The van der Waals surface area contributed by atoms with Crippen LogP contribution in [-0.2, 0) is 16.1 Å². The molecule has 130 valence electrons. The Bertz CT molecular complexity index is 756. The molecule has 1 aliphatic heterocycles. The Morgan fingerprint density at radius 3 is 2.08 bits per heavy atom. The van der Waals surface area contributed by atoms with Gasteiger partial charge in [0, 0.05) is 6.54 Å². The molecule has 1 atom stereocenters. The number of carbonyl (C=O) groups excluding carboxylic acids is 2. The van der Waals surface area contributed by atoms with Gasteiger partial charge in [-0.25, -0.2) is 4.90 Å². The number of amides is 2. The molecule has 0 spiro atoms. The molecule has 0 aromatic heterocycles. The van der Waals surface area contributed by atoms with Crippen molar-refractivity contribution in [1.29, 1.82) is 0 Å². The van der Waals surface area contributed by atoms with Crippen molar-refractivity contribution in [3.05, 3.63) is 54.1 Å². The maximum atomic E-state index is 12.6. The molecule has 6 heteroatoms. The number of hydrogen-bond donors (Lipinski definition) is 1. The number of benzene rings is 2. The summed E-state index contributed by atoms with van der Waals surface area (Å²) in [4.78, 5) is 26.1. The third-order valence-electron chi connectivity index (χ3n) is 4.19. The highest BCUT2D eigenvalue weighted by atomic mass is 16.5. The molecule has 2 aromatic rings. The Hall–Kier alpha value is -2.86. The van der Waals surface area contributed by atoms with Crippen LogP contribution in [0, 0.1) is 0 Å². The number of carbonyl (C=O) groups is 2. The number of methoxy groups -OCH3 is 2. The first-order chi connectivity index (χ1) is 12.1. The molecule has 0 unspecified atom stereocenters. The Labute approximate surface area is 146 Å². The molecule has 1 fully saturated rings. The van der Waals surface area contributed by atoms with Crippen LogP contribution in [0.1, 0.15) is 12.0 Å². The number of ether oxygens (including phenoxy) is 2. The van der Waals surface area contributed by atoms with Crippen molar-refractivity contribution in [2.45, 2.75) is 19.0 Å². The summed E-state index contributed by atoms with van der Waals surface area (Å²) in [6.45, 7) is 0.504. The van der Waals surface area contributed by atoms with Crippen molar-refractivity contribution in [3.63, 3.8) is 0 Å². The second kappa shape index (κ2) is 7.36. The lowest BCUT2D eigenvalue weighted by molar-refractivity contribution is -0.121. The lowest BCUT2D eigenvalue weighted by Gasteiger charge is -2.16. The van der Waals surface area contributed by atoms with Gasteiger partial charge in [0.1, 0.15) is 11.5 Å². The van der Waals surface area contributed by atoms with E-state index in [1.807, 2.05) is 24.3 Å². The quantitative estimate of drug-likeness (QED) is 0.816. The zero-order valence-corrected chi connectivity index (χ0v) is 14.2. The molecule has 0 aliphatic carbocycles. The fourth-order valence-electron chi connectivity index (χ4n) is 2.78. The van der Waals surface area contributed by atoms with Crippen molar-refractivity contribution in [2.75, 3.05) is 19.1 Å². The number of anilines is 1. The Morgan fingerprint density at radius 1 is 0.960 bits per heavy atom. The third-order valence-corrected chi connectivity index (χ3v) is 4.19. The lowest BCUT2D eigenvalue weighted by Crippen LogP contribution is -2.38. The van der Waals surface area contributed by atoms with Crippen LogP contribution in [0.15, 0.2) is 48.5 Å². The summed E-state index contributed by atoms with van der Waals surface area (Å²) < 4.78 is 10.2. The molecule has 1 heterocycles. The monoisotopic (exact) mass is 340 g/mol. The maximum absolute atomic E-state index is 12.6. The Kier molecular flexibility index (Phi) is 5.00. The summed E-state index contributed by atoms with van der Waals surface area (Å²) in [5.74, 6) is 1.02. The van der Waals surface area contributed by atoms with Gasteiger partial charge >= 0.3 is 0 Å². The summed E-state index contributed by atoms with van der Waals surface area (Å²) in [6, 6.07) is 13.9. The molecule has 1 N–H and O–H groups in total. The van der Waals surface area contributed by atoms with Gasteiger partial charge in [-0.3, -0.25) is 9.59 Å². The summed E-state index contributed by atoms with van der Waals surface area (Å²) in [6.07, 6.45) is 0.154. The molecule has 3 rings (SSSR count). The van der Waals surface area contributed by atoms with E-state index in [9.17, 15) is 9.59 Å². The largest absolute Gasteiger partial charge is 0.497 e. The summed E-state index contributed by atoms with van der Waals surface area (Å²) in [7, 11) is 3.18. The van der Waals surface area contributed by atoms with Crippen LogP contribution in [0.4, 0.5) is 5.69 Å². The molecule has 0 bridgehead atoms. The number of nitrogens with one attached hydrogen (secondary N) is 1. The van der Waals surface area contributed by atoms with Gasteiger partial charge in [0.2, 0.25) is 5.91 Å². The van der Waals surface area contributed by atoms with Gasteiger partial charge in [-0.15, -0.1) is 0 Å². The van der Waals surface area contributed by atoms with Crippen LogP contribution in [0.3, 0.4) is 0 Å². The molecule has 2 amide bonds. The van der Waals surface area contributed by atoms with Gasteiger partial charge < -0.3 is 14.8 Å². The lowest BCUT2D eigenvalue weighted by atomic mass is 10.2. The van der Waals surface area contributed by atoms with E-state index in [1.165, 1.54) is 4.90 Å². The fraction of sp³-hybridized carbons (Fsp3) is 0.263. The first-order valence-corrected chi connectivity index (χ1v) is 7.99. The molecule has 0 saturated carbocycles. The van der Waals surface area contributed by atoms with E-state index in [1.54, 1.807) is 38.5 Å². The summed E-state index contributed by atoms with van der Waals surface area (Å²) in [5.41, 5.74) is 1.58. The van der Waals surface area contributed by atoms with Gasteiger partial charge in [-0.2, -0.15) is 0 Å². The zero-order valence-electron chi connectivity index (χ0n) is 14.2. The summed E-state index contributed by atoms with van der Waals surface area (Å²) >= 11 is 0. The maximum Gasteiger partial charge on any atom is 0.251 e. The van der Waals surface area contributed by atoms with Crippen molar-refractivity contribution in [1.82, 2.24) is 5.32 Å². The van der Waals surface area contributed by atoms with Crippen LogP contribution >= 0.6 is 0 Å². The van der Waals surface area contributed by atoms with Gasteiger partial charge in [-0.1, -0.05) is 12.1 Å². The minimum absolute atomic E-state index is 0.154. The van der Waals surface area contributed by atoms with E-state index in [2.05, 4.69) is 5.32 Å². The van der Waals surface area contributed by atoms with E-state index >= 15 is 0 Å². The molecule has 2 aromatic carbocycles. The van der Waals surface area contributed by atoms with Crippen LogP contribution in [-0.4, -0.2) is 32.1 Å². The average Bonchev–Trinajstić information content (AvgIpc) is 2.94. The van der Waals surface area contributed by atoms with Crippen LogP contribution in [0.2, 0.25) is 0 Å². The van der Waals surface area contributed by atoms with Gasteiger partial charge in [0.25, 0.3) is 5.91 Å². The second-order valence-electron chi connectivity index (χ2n) is 5.75. The predicted octanol–water partition coefficient (Wildman–Crippen LogP) is 2.13. The van der Waals surface area contributed by atoms with E-state index in [-0.39, 0.29) is 18.2 Å². The highest BCUT2D eigenvalue weighted by molar-refractivity contribution is 6.22. The first-order valence-electron chi connectivity index (χ1n) is 7.99. The smallest absolute Gasteiger partial charge is 0.251 e. The van der Waals surface area contributed by atoms with Crippen LogP contribution in [0.5, 0.6) is 11.5 Å². The number of rotatable bonds is 6. The van der Waals surface area contributed by atoms with Crippen molar-refractivity contribution >= 4 is 17.5 Å². The Morgan fingerprint density at radius 2 is 1.52 bits per heavy atom. The van der Waals surface area contributed by atoms with Gasteiger partial charge in [0.05, 0.1) is 32.4 Å². The van der Waals surface area contributed by atoms with E-state index in [0.717, 1.165) is 11.3 Å². The van der Waals surface area contributed by atoms with E-state index in [0.29, 0.717) is 18.0 Å². The minimum Gasteiger partial charge on any atom is -0.497 e. The normalized spacial score (nSPS) is 17.0. The highest BCUT2D eigenvalue weighted by Gasteiger charge is 2.39. The number of nitrogens with zero attached hydrogens (tertiary/aromatic N) is 1. The second-order valence-corrected chi connectivity index (χ2v) is 5.75. The summed E-state index contributed by atoms with van der Waals surface area (Å²) in [5, 5.41) is 3.16. The van der Waals surface area contributed by atoms with Crippen LogP contribution in [0.25, 0.3) is 0 Å². The number of imide groups is 1. The fourth-order valence-corrected chi connectivity index (χ4v) is 2.78. The molecular formula is C19H20N2O4. The van der Waals surface area contributed by atoms with Crippen LogP contribution < -0.4 is 19.7 Å². The molecule has 6 nitrogen and oxygen atoms in total. The van der Waals surface area contributed by atoms with E-state index < -0.39 is 6.04 Å². The number of hydrogen-bond acceptors (Lipinski definition) is 5. The molecular weight excluding hydrogens is 320 g/mol. The average molecular weight is 340 g/mol. The molecule has 25 heavy (non-hydrogen) atoms. The minimum atomic E-state index is -0.517. The SMILES string of the molecule is COc1ccc(CN[C@H]2CC(=O)N(c3ccc(OC)cc3)C2=O)cc1. The first kappa shape index (κ1) is 17.0. The standard InChI is InChI=1S/C19H20N2O4/c1-24-15-7-3-13(4-8-15)12-20-17-11-18(22)21(19(17)23)14-5-9-16(25-2)10-6-14/h3-10,17,20H,11-12H2,1-2H3/t17-/m0/s1. The van der Waals surface area contributed by atoms with Gasteiger partial charge in [-0.05, 0) is 42.0 Å². The van der Waals surface area contributed by atoms with Crippen molar-refractivity contribution < 1.29 is 19.1 Å². The van der Waals surface area contributed by atoms with Crippen molar-refractivity contribution in [2.24, 2.45) is 0 Å². The molecule has 0 radical (unpaired) electrons. The van der Waals surface area contributed by atoms with Gasteiger partial charge in [0.15, 0.2) is 0 Å². The predicted molar refractivity (Wildman–Crippen MR) is 93.7 cm³/mol. The highest BCUT2D eigenvalue weighted by Crippen LogP contribution is 2.25. The van der Waals surface area contributed by atoms with Crippen molar-refractivity contribution in [3.8, 4) is 11.5 Å². The third kappa shape index (κ3) is 3.64. The zero-order chi connectivity index (χ0) is 17.8. The molecule has 1 aliphatic rings. The van der Waals surface area contributed by atoms with E-state index in [4.69, 9.17) is 9.47 Å².